The van der Waals surface area contributed by atoms with Crippen molar-refractivity contribution in [3.8, 4) is 0 Å². The number of rotatable bonds is 2. The summed E-state index contributed by atoms with van der Waals surface area (Å²) >= 11 is 0. The predicted molar refractivity (Wildman–Crippen MR) is 50.3 cm³/mol. The molecule has 0 unspecified atom stereocenters. The summed E-state index contributed by atoms with van der Waals surface area (Å²) in [6.45, 7) is 0. The Morgan fingerprint density at radius 1 is 0.786 bits per heavy atom. The van der Waals surface area contributed by atoms with Gasteiger partial charge in [0.25, 0.3) is 0 Å². The van der Waals surface area contributed by atoms with E-state index in [4.69, 9.17) is 19.6 Å². The van der Waals surface area contributed by atoms with Crippen LogP contribution in [0.4, 0.5) is 0 Å². The average Bonchev–Trinajstić information content (AvgIpc) is 1.14. The van der Waals surface area contributed by atoms with Crippen LogP contribution in [0.15, 0.2) is 0 Å². The van der Waals surface area contributed by atoms with Gasteiger partial charge in [0.15, 0.2) is 0 Å². The van der Waals surface area contributed by atoms with Gasteiger partial charge < -0.3 is 36.0 Å². The second kappa shape index (κ2) is 13.8. The maximum absolute atomic E-state index is 9.63. The van der Waals surface area contributed by atoms with E-state index < -0.39 is 15.6 Å². The van der Waals surface area contributed by atoms with E-state index in [2.05, 4.69) is 4.31 Å². The molecule has 10 N–H and O–H groups in total. The number of phosphoric acid groups is 2. The summed E-state index contributed by atoms with van der Waals surface area (Å²) in [6.07, 6.45) is 0. The summed E-state index contributed by atoms with van der Waals surface area (Å²) in [5, 5.41) is 0. The Balaban J connectivity index is -0.0000000320. The first-order valence-electron chi connectivity index (χ1n) is 1.53. The fourth-order valence-electron chi connectivity index (χ4n) is 0.139. The molecule has 14 heteroatoms. The molecule has 0 amide bonds. The van der Waals surface area contributed by atoms with Crippen LogP contribution in [-0.2, 0) is 13.4 Å². The van der Waals surface area contributed by atoms with Gasteiger partial charge in [0, 0.05) is 0 Å². The van der Waals surface area contributed by atoms with E-state index in [1.807, 2.05) is 0 Å². The topological polar surface area (TPSA) is 219 Å². The van der Waals surface area contributed by atoms with Crippen LogP contribution in [-0.4, -0.2) is 117 Å². The summed E-state index contributed by atoms with van der Waals surface area (Å²) in [6, 6.07) is 0. The Bertz CT molecular complexity index is 159. The molecule has 0 saturated heterocycles. The molecule has 10 nitrogen and oxygen atoms in total. The van der Waals surface area contributed by atoms with Crippen LogP contribution in [0.5, 0.6) is 0 Å². The van der Waals surface area contributed by atoms with Crippen molar-refractivity contribution < 1.29 is 49.4 Å². The Hall–Kier alpha value is 2.78. The standard InChI is InChI=1S/K.Na.H4O7P2.3H2O.2H/c;;1-8(2,3)7-9(4,5)6;;;;;/h;;(H2,1,2,3)(H2,4,5,6);3*1H2;;. The molecule has 0 aliphatic heterocycles. The van der Waals surface area contributed by atoms with Gasteiger partial charge in [-0.2, -0.15) is 4.31 Å². The van der Waals surface area contributed by atoms with Gasteiger partial charge >= 0.3 is 96.6 Å². The van der Waals surface area contributed by atoms with E-state index >= 15 is 0 Å². The normalized spacial score (nSPS) is 8.86. The van der Waals surface area contributed by atoms with Crippen molar-refractivity contribution in [2.75, 3.05) is 0 Å². The van der Waals surface area contributed by atoms with Crippen molar-refractivity contribution in [2.45, 2.75) is 0 Å². The Morgan fingerprint density at radius 2 is 0.929 bits per heavy atom. The summed E-state index contributed by atoms with van der Waals surface area (Å²) < 4.78 is 22.2. The molecule has 0 aliphatic carbocycles. The molecule has 0 atom stereocenters. The van der Waals surface area contributed by atoms with Crippen LogP contribution in [0.25, 0.3) is 0 Å². The SMILES string of the molecule is O.O.O.O=P(O)(O)OP(=O)(O)O.[KH].[NaH]. The summed E-state index contributed by atoms with van der Waals surface area (Å²) in [5.41, 5.74) is 0. The molecule has 0 fully saturated rings. The van der Waals surface area contributed by atoms with E-state index in [-0.39, 0.29) is 97.4 Å². The monoisotopic (exact) mass is 296 g/mol. The molecule has 84 valence electrons. The third-order valence-electron chi connectivity index (χ3n) is 0.213. The minimum atomic E-state index is -5.05. The van der Waals surface area contributed by atoms with Gasteiger partial charge in [0.1, 0.15) is 0 Å². The van der Waals surface area contributed by atoms with Crippen LogP contribution in [0.3, 0.4) is 0 Å². The van der Waals surface area contributed by atoms with Crippen molar-refractivity contribution in [3.05, 3.63) is 0 Å². The van der Waals surface area contributed by atoms with Gasteiger partial charge in [-0.15, -0.1) is 0 Å². The van der Waals surface area contributed by atoms with Crippen molar-refractivity contribution >= 4 is 96.6 Å². The van der Waals surface area contributed by atoms with Crippen LogP contribution >= 0.6 is 15.6 Å². The van der Waals surface area contributed by atoms with Crippen LogP contribution in [0, 0.1) is 0 Å². The first-order chi connectivity index (χ1) is 3.71. The molecule has 0 aliphatic rings. The van der Waals surface area contributed by atoms with Crippen molar-refractivity contribution in [1.29, 1.82) is 0 Å². The molecule has 0 spiro atoms. The second-order valence-electron chi connectivity index (χ2n) is 1.06. The molecule has 0 heterocycles. The third-order valence-corrected chi connectivity index (χ3v) is 1.91. The zero-order valence-electron chi connectivity index (χ0n) is 5.41. The predicted octanol–water partition coefficient (Wildman–Crippen LogP) is -4.58. The Labute approximate surface area is 144 Å². The average molecular weight is 296 g/mol. The van der Waals surface area contributed by atoms with E-state index in [0.717, 1.165) is 0 Å². The third kappa shape index (κ3) is 36.4. The van der Waals surface area contributed by atoms with Crippen molar-refractivity contribution in [1.82, 2.24) is 0 Å². The molecule has 0 radical (unpaired) electrons. The molecule has 0 rings (SSSR count). The zero-order valence-corrected chi connectivity index (χ0v) is 7.20. The quantitative estimate of drug-likeness (QED) is 0.288. The Morgan fingerprint density at radius 3 is 0.929 bits per heavy atom. The molecule has 0 bridgehead atoms. The molecule has 0 aromatic heterocycles. The Kier molecular flexibility index (Phi) is 35.5. The summed E-state index contributed by atoms with van der Waals surface area (Å²) in [5.74, 6) is 0. The molecule has 0 aromatic rings. The molecule has 14 heavy (non-hydrogen) atoms. The van der Waals surface area contributed by atoms with E-state index in [1.165, 1.54) is 0 Å². The van der Waals surface area contributed by atoms with Crippen LogP contribution < -0.4 is 0 Å². The van der Waals surface area contributed by atoms with Gasteiger partial charge in [-0.1, -0.05) is 0 Å². The second-order valence-corrected chi connectivity index (χ2v) is 3.68. The van der Waals surface area contributed by atoms with Crippen molar-refractivity contribution in [3.63, 3.8) is 0 Å². The summed E-state index contributed by atoms with van der Waals surface area (Å²) in [7, 11) is -10.1. The van der Waals surface area contributed by atoms with E-state index in [0.29, 0.717) is 0 Å². The van der Waals surface area contributed by atoms with Crippen LogP contribution in [0.1, 0.15) is 0 Å². The first kappa shape index (κ1) is 36.0. The minimum absolute atomic E-state index is 0. The molecule has 0 saturated carbocycles. The summed E-state index contributed by atoms with van der Waals surface area (Å²) in [4.78, 5) is 31.0. The maximum atomic E-state index is 9.63. The number of hydrogen-bond donors (Lipinski definition) is 4. The van der Waals surface area contributed by atoms with Gasteiger partial charge in [-0.05, 0) is 0 Å². The molecule has 0 aromatic carbocycles. The van der Waals surface area contributed by atoms with Gasteiger partial charge in [-0.3, -0.25) is 0 Å². The van der Waals surface area contributed by atoms with Gasteiger partial charge in [-0.25, -0.2) is 9.13 Å². The van der Waals surface area contributed by atoms with E-state index in [9.17, 15) is 9.13 Å². The molecular weight excluding hydrogens is 284 g/mol. The van der Waals surface area contributed by atoms with Gasteiger partial charge in [0.2, 0.25) is 0 Å². The molecular formula is H12KNaO10P2. The fraction of sp³-hybridized carbons (Fsp3) is 0. The zero-order chi connectivity index (χ0) is 7.71. The van der Waals surface area contributed by atoms with Crippen LogP contribution in [0.2, 0.25) is 0 Å². The van der Waals surface area contributed by atoms with Gasteiger partial charge in [0.05, 0.1) is 0 Å². The van der Waals surface area contributed by atoms with Crippen molar-refractivity contribution in [2.24, 2.45) is 0 Å². The van der Waals surface area contributed by atoms with E-state index in [1.54, 1.807) is 0 Å². The first-order valence-corrected chi connectivity index (χ1v) is 4.59. The number of hydrogen-bond acceptors (Lipinski definition) is 3. The fourth-order valence-corrected chi connectivity index (χ4v) is 1.25.